The van der Waals surface area contributed by atoms with Crippen molar-refractivity contribution in [1.29, 1.82) is 0 Å². The largest absolute Gasteiger partial charge is 0.338 e. The van der Waals surface area contributed by atoms with Crippen LogP contribution in [0.15, 0.2) is 40.9 Å². The number of nitrogens with two attached hydrogens (primary N) is 1. The third-order valence-electron chi connectivity index (χ3n) is 2.95. The predicted molar refractivity (Wildman–Crippen MR) is 77.1 cm³/mol. The molecule has 3 aromatic rings. The highest BCUT2D eigenvalue weighted by molar-refractivity contribution is 9.10. The summed E-state index contributed by atoms with van der Waals surface area (Å²) >= 11 is 3.28. The summed E-state index contributed by atoms with van der Waals surface area (Å²) in [5, 5.41) is 0. The zero-order valence-corrected chi connectivity index (χ0v) is 11.5. The molecule has 0 radical (unpaired) electrons. The lowest BCUT2D eigenvalue weighted by atomic mass is 10.2. The third-order valence-corrected chi connectivity index (χ3v) is 3.41. The van der Waals surface area contributed by atoms with E-state index in [0.29, 0.717) is 22.4 Å². The van der Waals surface area contributed by atoms with Gasteiger partial charge in [0.25, 0.3) is 0 Å². The minimum absolute atomic E-state index is 0.302. The zero-order chi connectivity index (χ0) is 13.4. The summed E-state index contributed by atoms with van der Waals surface area (Å²) in [6.07, 6.45) is 0. The van der Waals surface area contributed by atoms with Crippen LogP contribution in [-0.4, -0.2) is 9.97 Å². The van der Waals surface area contributed by atoms with Gasteiger partial charge in [0.05, 0.1) is 11.0 Å². The van der Waals surface area contributed by atoms with Crippen LogP contribution in [-0.2, 0) is 6.54 Å². The van der Waals surface area contributed by atoms with Crippen LogP contribution in [0.3, 0.4) is 0 Å². The molecule has 0 atom stereocenters. The topological polar surface area (TPSA) is 54.7 Å². The molecule has 96 valence electrons. The summed E-state index contributed by atoms with van der Waals surface area (Å²) < 4.78 is 14.1. The Morgan fingerprint density at radius 2 is 2.11 bits per heavy atom. The number of para-hydroxylation sites is 1. The average Bonchev–Trinajstić information content (AvgIpc) is 2.81. The quantitative estimate of drug-likeness (QED) is 0.758. The fourth-order valence-corrected chi connectivity index (χ4v) is 2.55. The number of aromatic nitrogens is 2. The first-order valence-electron chi connectivity index (χ1n) is 5.81. The molecule has 1 heterocycles. The molecule has 3 N–H and O–H groups in total. The van der Waals surface area contributed by atoms with E-state index in [4.69, 9.17) is 5.73 Å². The van der Waals surface area contributed by atoms with E-state index < -0.39 is 0 Å². The summed E-state index contributed by atoms with van der Waals surface area (Å²) in [5.74, 6) is 0.333. The fourth-order valence-electron chi connectivity index (χ4n) is 2.08. The summed E-state index contributed by atoms with van der Waals surface area (Å²) in [6.45, 7) is 0.425. The van der Waals surface area contributed by atoms with E-state index in [1.54, 1.807) is 0 Å². The number of fused-ring (bicyclic) bond motifs is 1. The minimum Gasteiger partial charge on any atom is -0.338 e. The van der Waals surface area contributed by atoms with Crippen molar-refractivity contribution >= 4 is 27.0 Å². The van der Waals surface area contributed by atoms with E-state index in [1.807, 2.05) is 24.3 Å². The minimum atomic E-state index is -0.302. The number of benzene rings is 2. The molecule has 0 aliphatic heterocycles. The normalized spacial score (nSPS) is 11.1. The van der Waals surface area contributed by atoms with Gasteiger partial charge in [0, 0.05) is 16.6 Å². The van der Waals surface area contributed by atoms with Crippen LogP contribution >= 0.6 is 15.9 Å². The summed E-state index contributed by atoms with van der Waals surface area (Å²) in [5.41, 5.74) is 9.09. The monoisotopic (exact) mass is 319 g/mol. The van der Waals surface area contributed by atoms with Gasteiger partial charge in [-0.25, -0.2) is 9.37 Å². The highest BCUT2D eigenvalue weighted by atomic mass is 79.9. The van der Waals surface area contributed by atoms with Crippen molar-refractivity contribution < 1.29 is 4.39 Å². The Balaban J connectivity index is 2.20. The van der Waals surface area contributed by atoms with Crippen LogP contribution in [0.4, 0.5) is 4.39 Å². The maximum Gasteiger partial charge on any atom is 0.138 e. The Morgan fingerprint density at radius 1 is 1.26 bits per heavy atom. The van der Waals surface area contributed by atoms with Crippen LogP contribution < -0.4 is 5.73 Å². The van der Waals surface area contributed by atoms with Gasteiger partial charge in [0.1, 0.15) is 11.6 Å². The molecule has 2 aromatic carbocycles. The Kier molecular flexibility index (Phi) is 3.08. The Hall–Kier alpha value is -1.72. The molecule has 5 heteroatoms. The molecule has 3 rings (SSSR count). The number of nitrogens with zero attached hydrogens (tertiary/aromatic N) is 1. The number of H-pyrrole nitrogens is 1. The maximum absolute atomic E-state index is 13.4. The van der Waals surface area contributed by atoms with Crippen LogP contribution in [0.2, 0.25) is 0 Å². The molecule has 0 aliphatic carbocycles. The van der Waals surface area contributed by atoms with Gasteiger partial charge in [0.2, 0.25) is 0 Å². The molecule has 3 nitrogen and oxygen atoms in total. The molecule has 0 bridgehead atoms. The van der Waals surface area contributed by atoms with Crippen LogP contribution in [0.5, 0.6) is 0 Å². The lowest BCUT2D eigenvalue weighted by molar-refractivity contribution is 0.627. The molecule has 0 saturated carbocycles. The summed E-state index contributed by atoms with van der Waals surface area (Å²) in [4.78, 5) is 7.70. The van der Waals surface area contributed by atoms with Crippen molar-refractivity contribution in [2.75, 3.05) is 0 Å². The number of imidazole rings is 1. The van der Waals surface area contributed by atoms with Crippen molar-refractivity contribution in [2.24, 2.45) is 5.73 Å². The smallest absolute Gasteiger partial charge is 0.138 e. The maximum atomic E-state index is 13.4. The lowest BCUT2D eigenvalue weighted by Crippen LogP contribution is -1.96. The Morgan fingerprint density at radius 3 is 2.84 bits per heavy atom. The van der Waals surface area contributed by atoms with Gasteiger partial charge in [0.15, 0.2) is 0 Å². The van der Waals surface area contributed by atoms with E-state index >= 15 is 0 Å². The molecule has 0 saturated heterocycles. The first kappa shape index (κ1) is 12.3. The van der Waals surface area contributed by atoms with E-state index in [2.05, 4.69) is 25.9 Å². The lowest BCUT2D eigenvalue weighted by Gasteiger charge is -1.98. The molecule has 0 unspecified atom stereocenters. The number of nitrogens with one attached hydrogen (secondary N) is 1. The van der Waals surface area contributed by atoms with Gasteiger partial charge in [-0.05, 0) is 29.8 Å². The second-order valence-electron chi connectivity index (χ2n) is 4.26. The average molecular weight is 320 g/mol. The van der Waals surface area contributed by atoms with Gasteiger partial charge in [-0.3, -0.25) is 0 Å². The zero-order valence-electron chi connectivity index (χ0n) is 9.95. The molecular formula is C14H11BrFN3. The molecule has 0 fully saturated rings. The van der Waals surface area contributed by atoms with E-state index in [-0.39, 0.29) is 5.82 Å². The summed E-state index contributed by atoms with van der Waals surface area (Å²) in [6, 6.07) is 10.5. The van der Waals surface area contributed by atoms with Crippen molar-refractivity contribution in [3.05, 3.63) is 52.3 Å². The predicted octanol–water partition coefficient (Wildman–Crippen LogP) is 3.59. The van der Waals surface area contributed by atoms with E-state index in [1.165, 1.54) is 12.1 Å². The standard InChI is InChI=1S/C14H11BrFN3/c15-10-4-9(5-11(16)6-10)14-18-12-3-1-2-8(7-17)13(12)19-14/h1-6H,7,17H2,(H,18,19). The van der Waals surface area contributed by atoms with Gasteiger partial charge in [-0.2, -0.15) is 0 Å². The number of rotatable bonds is 2. The van der Waals surface area contributed by atoms with Crippen molar-refractivity contribution in [3.8, 4) is 11.4 Å². The first-order chi connectivity index (χ1) is 9.17. The van der Waals surface area contributed by atoms with Crippen LogP contribution in [0, 0.1) is 5.82 Å². The number of hydrogen-bond donors (Lipinski definition) is 2. The number of hydrogen-bond acceptors (Lipinski definition) is 2. The first-order valence-corrected chi connectivity index (χ1v) is 6.61. The van der Waals surface area contributed by atoms with Gasteiger partial charge < -0.3 is 10.7 Å². The molecular weight excluding hydrogens is 309 g/mol. The molecule has 0 aliphatic rings. The van der Waals surface area contributed by atoms with Gasteiger partial charge >= 0.3 is 0 Å². The third kappa shape index (κ3) is 2.27. The highest BCUT2D eigenvalue weighted by Crippen LogP contribution is 2.26. The Bertz CT molecular complexity index is 731. The summed E-state index contributed by atoms with van der Waals surface area (Å²) in [7, 11) is 0. The van der Waals surface area contributed by atoms with E-state index in [0.717, 1.165) is 16.6 Å². The van der Waals surface area contributed by atoms with Gasteiger partial charge in [-0.1, -0.05) is 28.1 Å². The SMILES string of the molecule is NCc1cccc2[nH]c(-c3cc(F)cc(Br)c3)nc12. The highest BCUT2D eigenvalue weighted by Gasteiger charge is 2.09. The van der Waals surface area contributed by atoms with Crippen molar-refractivity contribution in [1.82, 2.24) is 9.97 Å². The van der Waals surface area contributed by atoms with Crippen LogP contribution in [0.25, 0.3) is 22.4 Å². The number of halogens is 2. The van der Waals surface area contributed by atoms with Gasteiger partial charge in [-0.15, -0.1) is 0 Å². The van der Waals surface area contributed by atoms with Crippen molar-refractivity contribution in [2.45, 2.75) is 6.54 Å². The molecule has 19 heavy (non-hydrogen) atoms. The van der Waals surface area contributed by atoms with E-state index in [9.17, 15) is 4.39 Å². The number of aromatic amines is 1. The van der Waals surface area contributed by atoms with Crippen LogP contribution in [0.1, 0.15) is 5.56 Å². The molecule has 0 amide bonds. The second-order valence-corrected chi connectivity index (χ2v) is 5.18. The fraction of sp³-hybridized carbons (Fsp3) is 0.0714. The Labute approximate surface area is 117 Å². The second kappa shape index (κ2) is 4.75. The van der Waals surface area contributed by atoms with Crippen molar-refractivity contribution in [3.63, 3.8) is 0 Å². The molecule has 0 spiro atoms. The molecule has 1 aromatic heterocycles.